The predicted molar refractivity (Wildman–Crippen MR) is 111 cm³/mol. The van der Waals surface area contributed by atoms with Gasteiger partial charge in [0, 0.05) is 24.2 Å². The van der Waals surface area contributed by atoms with Crippen LogP contribution in [0, 0.1) is 0 Å². The first kappa shape index (κ1) is 19.6. The van der Waals surface area contributed by atoms with Crippen molar-refractivity contribution < 1.29 is 19.2 Å². The van der Waals surface area contributed by atoms with Crippen molar-refractivity contribution in [3.05, 3.63) is 65.7 Å². The SMILES string of the molecule is O=C(N[C@@H](C[NH+]1CCOCC1)c1ccccc1)c1ccc(N2CCCC2=O)cc1. The summed E-state index contributed by atoms with van der Waals surface area (Å²) in [6, 6.07) is 17.4. The maximum Gasteiger partial charge on any atom is 0.251 e. The highest BCUT2D eigenvalue weighted by Gasteiger charge is 2.24. The zero-order valence-electron chi connectivity index (χ0n) is 16.6. The van der Waals surface area contributed by atoms with Gasteiger partial charge in [-0.2, -0.15) is 0 Å². The van der Waals surface area contributed by atoms with Crippen molar-refractivity contribution in [2.75, 3.05) is 44.3 Å². The van der Waals surface area contributed by atoms with Crippen LogP contribution >= 0.6 is 0 Å². The minimum Gasteiger partial charge on any atom is -0.370 e. The van der Waals surface area contributed by atoms with Gasteiger partial charge < -0.3 is 19.9 Å². The number of hydrogen-bond donors (Lipinski definition) is 2. The summed E-state index contributed by atoms with van der Waals surface area (Å²) >= 11 is 0. The van der Waals surface area contributed by atoms with Gasteiger partial charge in [0.05, 0.1) is 13.2 Å². The molecular weight excluding hydrogens is 366 g/mol. The van der Waals surface area contributed by atoms with Crippen molar-refractivity contribution in [2.45, 2.75) is 18.9 Å². The van der Waals surface area contributed by atoms with E-state index in [2.05, 4.69) is 17.4 Å². The number of carbonyl (C=O) groups excluding carboxylic acids is 2. The Morgan fingerprint density at radius 1 is 1.07 bits per heavy atom. The van der Waals surface area contributed by atoms with Gasteiger partial charge >= 0.3 is 0 Å². The number of amides is 2. The third kappa shape index (κ3) is 4.83. The summed E-state index contributed by atoms with van der Waals surface area (Å²) in [6.45, 7) is 5.03. The molecule has 0 aromatic heterocycles. The largest absolute Gasteiger partial charge is 0.370 e. The Morgan fingerprint density at radius 3 is 2.45 bits per heavy atom. The van der Waals surface area contributed by atoms with Gasteiger partial charge in [0.2, 0.25) is 5.91 Å². The number of rotatable bonds is 6. The van der Waals surface area contributed by atoms with Crippen molar-refractivity contribution in [1.29, 1.82) is 0 Å². The Kier molecular flexibility index (Phi) is 6.22. The van der Waals surface area contributed by atoms with E-state index >= 15 is 0 Å². The van der Waals surface area contributed by atoms with Gasteiger partial charge in [-0.3, -0.25) is 9.59 Å². The molecule has 2 saturated heterocycles. The van der Waals surface area contributed by atoms with E-state index < -0.39 is 0 Å². The molecular formula is C23H28N3O3+. The van der Waals surface area contributed by atoms with Gasteiger partial charge in [0.1, 0.15) is 25.7 Å². The fourth-order valence-electron chi connectivity index (χ4n) is 4.05. The second-order valence-electron chi connectivity index (χ2n) is 7.70. The molecule has 2 aromatic rings. The van der Waals surface area contributed by atoms with E-state index in [1.54, 1.807) is 17.0 Å². The molecule has 6 nitrogen and oxygen atoms in total. The monoisotopic (exact) mass is 394 g/mol. The fraction of sp³-hybridized carbons (Fsp3) is 0.391. The standard InChI is InChI=1S/C23H27N3O3/c27-22-7-4-12-26(22)20-10-8-19(9-11-20)23(28)24-21(18-5-2-1-3-6-18)17-25-13-15-29-16-14-25/h1-3,5-6,8-11,21H,4,7,12-17H2,(H,24,28)/p+1/t21-/m0/s1. The molecule has 2 aromatic carbocycles. The third-order valence-corrected chi connectivity index (χ3v) is 5.71. The number of quaternary nitrogens is 1. The number of nitrogens with zero attached hydrogens (tertiary/aromatic N) is 1. The van der Waals surface area contributed by atoms with Gasteiger partial charge in [0.25, 0.3) is 5.91 Å². The van der Waals surface area contributed by atoms with Crippen LogP contribution in [-0.4, -0.2) is 51.2 Å². The van der Waals surface area contributed by atoms with Gasteiger partial charge in [-0.25, -0.2) is 0 Å². The Labute approximate surface area is 171 Å². The summed E-state index contributed by atoms with van der Waals surface area (Å²) in [6.07, 6.45) is 1.49. The van der Waals surface area contributed by atoms with E-state index in [4.69, 9.17) is 4.74 Å². The van der Waals surface area contributed by atoms with Crippen molar-refractivity contribution in [3.63, 3.8) is 0 Å². The third-order valence-electron chi connectivity index (χ3n) is 5.71. The van der Waals surface area contributed by atoms with Crippen molar-refractivity contribution in [1.82, 2.24) is 5.32 Å². The van der Waals surface area contributed by atoms with Crippen molar-refractivity contribution in [3.8, 4) is 0 Å². The molecule has 2 aliphatic heterocycles. The molecule has 0 saturated carbocycles. The number of anilines is 1. The lowest BCUT2D eigenvalue weighted by atomic mass is 10.1. The number of ether oxygens (including phenoxy) is 1. The first-order chi connectivity index (χ1) is 14.2. The summed E-state index contributed by atoms with van der Waals surface area (Å²) in [7, 11) is 0. The molecule has 29 heavy (non-hydrogen) atoms. The summed E-state index contributed by atoms with van der Waals surface area (Å²) in [5.74, 6) is 0.0608. The Hall–Kier alpha value is -2.70. The van der Waals surface area contributed by atoms with E-state index in [0.717, 1.165) is 57.1 Å². The maximum atomic E-state index is 12.9. The molecule has 0 aliphatic carbocycles. The Balaban J connectivity index is 1.46. The van der Waals surface area contributed by atoms with Crippen LogP contribution in [0.15, 0.2) is 54.6 Å². The quantitative estimate of drug-likeness (QED) is 0.774. The minimum atomic E-state index is -0.0918. The average molecular weight is 394 g/mol. The van der Waals surface area contributed by atoms with Gasteiger partial charge in [-0.15, -0.1) is 0 Å². The van der Waals surface area contributed by atoms with Crippen molar-refractivity contribution >= 4 is 17.5 Å². The molecule has 4 rings (SSSR count). The number of carbonyl (C=O) groups is 2. The second-order valence-corrected chi connectivity index (χ2v) is 7.70. The molecule has 0 radical (unpaired) electrons. The van der Waals surface area contributed by atoms with Crippen LogP contribution < -0.4 is 15.1 Å². The molecule has 0 bridgehead atoms. The molecule has 6 heteroatoms. The van der Waals surface area contributed by atoms with Crippen molar-refractivity contribution in [2.24, 2.45) is 0 Å². The summed E-state index contributed by atoms with van der Waals surface area (Å²) in [5, 5.41) is 3.21. The normalized spacial score (nSPS) is 18.6. The summed E-state index contributed by atoms with van der Waals surface area (Å²) in [4.78, 5) is 28.1. The highest BCUT2D eigenvalue weighted by molar-refractivity contribution is 5.97. The second kappa shape index (κ2) is 9.20. The zero-order valence-corrected chi connectivity index (χ0v) is 16.6. The van der Waals surface area contributed by atoms with Crippen LogP contribution in [0.1, 0.15) is 34.8 Å². The molecule has 2 fully saturated rings. The average Bonchev–Trinajstić information content (AvgIpc) is 3.20. The van der Waals surface area contributed by atoms with E-state index in [-0.39, 0.29) is 17.9 Å². The van der Waals surface area contributed by atoms with Crippen LogP contribution in [-0.2, 0) is 9.53 Å². The van der Waals surface area contributed by atoms with Gasteiger partial charge in [-0.1, -0.05) is 30.3 Å². The lowest BCUT2D eigenvalue weighted by Crippen LogP contribution is -3.14. The smallest absolute Gasteiger partial charge is 0.251 e. The van der Waals surface area contributed by atoms with Crippen LogP contribution in [0.3, 0.4) is 0 Å². The molecule has 2 heterocycles. The minimum absolute atomic E-state index is 0.0587. The van der Waals surface area contributed by atoms with Gasteiger partial charge in [-0.05, 0) is 36.2 Å². The highest BCUT2D eigenvalue weighted by Crippen LogP contribution is 2.22. The number of morpholine rings is 1. The zero-order chi connectivity index (χ0) is 20.1. The summed E-state index contributed by atoms with van der Waals surface area (Å²) in [5.41, 5.74) is 2.58. The lowest BCUT2D eigenvalue weighted by molar-refractivity contribution is -0.909. The van der Waals surface area contributed by atoms with Crippen LogP contribution in [0.4, 0.5) is 5.69 Å². The molecule has 2 amide bonds. The topological polar surface area (TPSA) is 63.1 Å². The Bertz CT molecular complexity index is 832. The number of benzene rings is 2. The van der Waals surface area contributed by atoms with E-state index in [1.807, 2.05) is 30.3 Å². The predicted octanol–water partition coefficient (Wildman–Crippen LogP) is 1.20. The fourth-order valence-corrected chi connectivity index (χ4v) is 4.05. The first-order valence-corrected chi connectivity index (χ1v) is 10.4. The van der Waals surface area contributed by atoms with E-state index in [1.165, 1.54) is 4.90 Å². The van der Waals surface area contributed by atoms with E-state index in [9.17, 15) is 9.59 Å². The van der Waals surface area contributed by atoms with Gasteiger partial charge in [0.15, 0.2) is 0 Å². The first-order valence-electron chi connectivity index (χ1n) is 10.4. The lowest BCUT2D eigenvalue weighted by Gasteiger charge is -2.28. The van der Waals surface area contributed by atoms with Crippen LogP contribution in [0.5, 0.6) is 0 Å². The molecule has 152 valence electrons. The Morgan fingerprint density at radius 2 is 1.79 bits per heavy atom. The molecule has 1 atom stereocenters. The van der Waals surface area contributed by atoms with Crippen LogP contribution in [0.25, 0.3) is 0 Å². The van der Waals surface area contributed by atoms with Crippen LogP contribution in [0.2, 0.25) is 0 Å². The number of nitrogens with one attached hydrogen (secondary N) is 2. The number of hydrogen-bond acceptors (Lipinski definition) is 3. The highest BCUT2D eigenvalue weighted by atomic mass is 16.5. The molecule has 2 aliphatic rings. The molecule has 2 N–H and O–H groups in total. The summed E-state index contributed by atoms with van der Waals surface area (Å²) < 4.78 is 5.46. The molecule has 0 unspecified atom stereocenters. The van der Waals surface area contributed by atoms with E-state index in [0.29, 0.717) is 12.0 Å². The molecule has 0 spiro atoms. The maximum absolute atomic E-state index is 12.9.